The van der Waals surface area contributed by atoms with Crippen LogP contribution in [0.2, 0.25) is 0 Å². The Bertz CT molecular complexity index is 1330. The normalized spacial score (nSPS) is 26.1. The molecule has 0 saturated heterocycles. The van der Waals surface area contributed by atoms with Crippen molar-refractivity contribution < 1.29 is 0 Å². The van der Waals surface area contributed by atoms with Crippen LogP contribution in [0, 0.1) is 0 Å². The van der Waals surface area contributed by atoms with Crippen LogP contribution in [0.5, 0.6) is 0 Å². The van der Waals surface area contributed by atoms with E-state index in [2.05, 4.69) is 109 Å². The van der Waals surface area contributed by atoms with Crippen molar-refractivity contribution in [1.29, 1.82) is 0 Å². The summed E-state index contributed by atoms with van der Waals surface area (Å²) < 4.78 is 0. The molecule has 0 aliphatic heterocycles. The van der Waals surface area contributed by atoms with Crippen LogP contribution < -0.4 is 0 Å². The standard InChI is InChI=1S/C30H22/c1-2-10-20(11-3-1)18-26-23-14-8-9-17-27(23)30-19-21-12-4-5-13-22(21)28(30)24-15-6-7-16-25(24)29(26)30/h1-18,28-29H,19H2/b26-18-/t28-,29+,30-/m1/s1. The predicted octanol–water partition coefficient (Wildman–Crippen LogP) is 6.96. The third-order valence-electron chi connectivity index (χ3n) is 7.67. The number of allylic oxidation sites excluding steroid dienone is 1. The summed E-state index contributed by atoms with van der Waals surface area (Å²) >= 11 is 0. The van der Waals surface area contributed by atoms with Crippen molar-refractivity contribution in [2.45, 2.75) is 23.7 Å². The molecule has 4 aromatic carbocycles. The van der Waals surface area contributed by atoms with Crippen LogP contribution in [0.1, 0.15) is 50.8 Å². The molecule has 0 radical (unpaired) electrons. The molecule has 0 unspecified atom stereocenters. The molecule has 3 atom stereocenters. The van der Waals surface area contributed by atoms with Crippen LogP contribution in [0.15, 0.2) is 103 Å². The van der Waals surface area contributed by atoms with E-state index in [1.165, 1.54) is 44.5 Å². The van der Waals surface area contributed by atoms with Crippen molar-refractivity contribution in [3.63, 3.8) is 0 Å². The monoisotopic (exact) mass is 382 g/mol. The first kappa shape index (κ1) is 16.4. The largest absolute Gasteiger partial charge is 0.0622 e. The molecule has 0 heterocycles. The van der Waals surface area contributed by atoms with Crippen molar-refractivity contribution in [1.82, 2.24) is 0 Å². The molecule has 7 rings (SSSR count). The third-order valence-corrected chi connectivity index (χ3v) is 7.67. The maximum Gasteiger partial charge on any atom is 0.0218 e. The molecule has 0 aromatic heterocycles. The minimum atomic E-state index is 0.102. The second-order valence-corrected chi connectivity index (χ2v) is 8.97. The van der Waals surface area contributed by atoms with E-state index in [-0.39, 0.29) is 5.41 Å². The fourth-order valence-electron chi connectivity index (χ4n) is 6.74. The molecule has 1 spiro atoms. The topological polar surface area (TPSA) is 0 Å². The highest BCUT2D eigenvalue weighted by Crippen LogP contribution is 2.71. The van der Waals surface area contributed by atoms with Gasteiger partial charge in [-0.05, 0) is 50.9 Å². The summed E-state index contributed by atoms with van der Waals surface area (Å²) in [5.41, 5.74) is 12.0. The van der Waals surface area contributed by atoms with Gasteiger partial charge in [0.05, 0.1) is 0 Å². The van der Waals surface area contributed by atoms with Gasteiger partial charge in [0.25, 0.3) is 0 Å². The van der Waals surface area contributed by atoms with Gasteiger partial charge in [-0.3, -0.25) is 0 Å². The summed E-state index contributed by atoms with van der Waals surface area (Å²) in [5, 5.41) is 0. The van der Waals surface area contributed by atoms with Gasteiger partial charge in [-0.2, -0.15) is 0 Å². The van der Waals surface area contributed by atoms with Gasteiger partial charge in [0, 0.05) is 17.3 Å². The number of hydrogen-bond acceptors (Lipinski definition) is 0. The number of benzene rings is 4. The van der Waals surface area contributed by atoms with Crippen LogP contribution in [0.4, 0.5) is 0 Å². The molecule has 0 amide bonds. The minimum absolute atomic E-state index is 0.102. The van der Waals surface area contributed by atoms with Gasteiger partial charge in [-0.25, -0.2) is 0 Å². The molecule has 0 fully saturated rings. The summed E-state index contributed by atoms with van der Waals surface area (Å²) in [5.74, 6) is 0.849. The maximum absolute atomic E-state index is 2.44. The second-order valence-electron chi connectivity index (χ2n) is 8.97. The molecular weight excluding hydrogens is 360 g/mol. The summed E-state index contributed by atoms with van der Waals surface area (Å²) in [6.07, 6.45) is 3.57. The Kier molecular flexibility index (Phi) is 3.19. The van der Waals surface area contributed by atoms with E-state index in [1.807, 2.05) is 0 Å². The fourth-order valence-corrected chi connectivity index (χ4v) is 6.74. The van der Waals surface area contributed by atoms with E-state index in [9.17, 15) is 0 Å². The summed E-state index contributed by atoms with van der Waals surface area (Å²) in [6, 6.07) is 38.4. The van der Waals surface area contributed by atoms with Gasteiger partial charge < -0.3 is 0 Å². The molecule has 142 valence electrons. The molecule has 0 saturated carbocycles. The second kappa shape index (κ2) is 5.83. The van der Waals surface area contributed by atoms with E-state index in [0.29, 0.717) is 11.8 Å². The van der Waals surface area contributed by atoms with Gasteiger partial charge >= 0.3 is 0 Å². The molecule has 0 bridgehead atoms. The van der Waals surface area contributed by atoms with Crippen LogP contribution >= 0.6 is 0 Å². The zero-order valence-electron chi connectivity index (χ0n) is 16.8. The van der Waals surface area contributed by atoms with E-state index in [0.717, 1.165) is 6.42 Å². The molecule has 30 heavy (non-hydrogen) atoms. The minimum Gasteiger partial charge on any atom is -0.0622 e. The highest BCUT2D eigenvalue weighted by Gasteiger charge is 2.62. The smallest absolute Gasteiger partial charge is 0.0218 e. The van der Waals surface area contributed by atoms with E-state index >= 15 is 0 Å². The predicted molar refractivity (Wildman–Crippen MR) is 124 cm³/mol. The lowest BCUT2D eigenvalue weighted by Crippen LogP contribution is -2.29. The Balaban J connectivity index is 1.57. The maximum atomic E-state index is 2.44. The zero-order chi connectivity index (χ0) is 19.7. The Morgan fingerprint density at radius 1 is 0.600 bits per heavy atom. The van der Waals surface area contributed by atoms with Gasteiger partial charge in [0.2, 0.25) is 0 Å². The average Bonchev–Trinajstić information content (AvgIpc) is 3.37. The molecule has 3 aliphatic carbocycles. The highest BCUT2D eigenvalue weighted by molar-refractivity contribution is 5.94. The lowest BCUT2D eigenvalue weighted by Gasteiger charge is -2.32. The van der Waals surface area contributed by atoms with Crippen molar-refractivity contribution in [2.75, 3.05) is 0 Å². The Labute approximate surface area is 177 Å². The number of hydrogen-bond donors (Lipinski definition) is 0. The van der Waals surface area contributed by atoms with Gasteiger partial charge in [0.1, 0.15) is 0 Å². The van der Waals surface area contributed by atoms with Crippen LogP contribution in [-0.4, -0.2) is 0 Å². The average molecular weight is 383 g/mol. The number of fused-ring (bicyclic) bond motifs is 6. The first-order valence-electron chi connectivity index (χ1n) is 10.9. The lowest BCUT2D eigenvalue weighted by molar-refractivity contribution is 0.423. The summed E-state index contributed by atoms with van der Waals surface area (Å²) in [7, 11) is 0. The van der Waals surface area contributed by atoms with Crippen LogP contribution in [0.3, 0.4) is 0 Å². The fraction of sp³-hybridized carbons (Fsp3) is 0.133. The van der Waals surface area contributed by atoms with Gasteiger partial charge in [0.15, 0.2) is 0 Å². The van der Waals surface area contributed by atoms with Gasteiger partial charge in [-0.1, -0.05) is 109 Å². The first-order valence-corrected chi connectivity index (χ1v) is 10.9. The molecule has 0 nitrogen and oxygen atoms in total. The third kappa shape index (κ3) is 1.92. The first-order chi connectivity index (χ1) is 14.9. The molecular formula is C30H22. The van der Waals surface area contributed by atoms with Crippen LogP contribution in [0.25, 0.3) is 11.6 Å². The van der Waals surface area contributed by atoms with Crippen molar-refractivity contribution in [2.24, 2.45) is 0 Å². The highest BCUT2D eigenvalue weighted by atomic mass is 14.6. The van der Waals surface area contributed by atoms with E-state index in [1.54, 1.807) is 0 Å². The quantitative estimate of drug-likeness (QED) is 0.334. The Morgan fingerprint density at radius 2 is 1.23 bits per heavy atom. The van der Waals surface area contributed by atoms with Gasteiger partial charge in [-0.15, -0.1) is 0 Å². The SMILES string of the molecule is C(=C1\c2ccccc2[C@]23Cc4ccccc4[C@@H]2c2ccccc2[C@@H]13)/c1ccccc1. The lowest BCUT2D eigenvalue weighted by atomic mass is 9.69. The van der Waals surface area contributed by atoms with Crippen LogP contribution in [-0.2, 0) is 11.8 Å². The Hall–Kier alpha value is -3.38. The summed E-state index contributed by atoms with van der Waals surface area (Å²) in [6.45, 7) is 0. The van der Waals surface area contributed by atoms with Crippen molar-refractivity contribution in [3.8, 4) is 0 Å². The van der Waals surface area contributed by atoms with E-state index in [4.69, 9.17) is 0 Å². The Morgan fingerprint density at radius 3 is 2.07 bits per heavy atom. The number of rotatable bonds is 1. The molecule has 0 heteroatoms. The van der Waals surface area contributed by atoms with Crippen molar-refractivity contribution >= 4 is 11.6 Å². The molecule has 0 N–H and O–H groups in total. The van der Waals surface area contributed by atoms with Crippen molar-refractivity contribution in [3.05, 3.63) is 142 Å². The van der Waals surface area contributed by atoms with E-state index < -0.39 is 0 Å². The zero-order valence-corrected chi connectivity index (χ0v) is 16.8. The molecule has 3 aliphatic rings. The summed E-state index contributed by atoms with van der Waals surface area (Å²) in [4.78, 5) is 0. The molecule has 4 aromatic rings.